The van der Waals surface area contributed by atoms with Crippen LogP contribution in [0.25, 0.3) is 5.52 Å². The van der Waals surface area contributed by atoms with Gasteiger partial charge in [-0.1, -0.05) is 27.7 Å². The lowest BCUT2D eigenvalue weighted by molar-refractivity contribution is -0.178. The van der Waals surface area contributed by atoms with E-state index in [0.717, 1.165) is 0 Å². The standard InChI is InChI=1S/C28H41FN5O10P/c1-15(2)25(35)42-22-21(19-6-7-20-24(30)31-14-32-34(19)20)44-28(12-29,23(22)43-26(36)16(3)4)13-40-45(38)33-17(5)27(37)41-18-8-10-39-11-9-18/h6-7,14-18,21-23,45H,8-13H2,1-5H3,(H,33,38)(H2,30,31,32)/t17-,21-,22-,23-,28+/m0/s1. The van der Waals surface area contributed by atoms with Gasteiger partial charge in [0.25, 0.3) is 8.18 Å². The number of alkyl halides is 1. The maximum atomic E-state index is 15.2. The lowest BCUT2D eigenvalue weighted by Crippen LogP contribution is -2.52. The van der Waals surface area contributed by atoms with E-state index in [4.69, 9.17) is 33.9 Å². The molecule has 15 nitrogen and oxygen atoms in total. The lowest BCUT2D eigenvalue weighted by atomic mass is 9.95. The van der Waals surface area contributed by atoms with E-state index in [1.54, 1.807) is 39.8 Å². The van der Waals surface area contributed by atoms with E-state index in [0.29, 0.717) is 37.3 Å². The van der Waals surface area contributed by atoms with Crippen LogP contribution in [0.5, 0.6) is 0 Å². The third kappa shape index (κ3) is 7.98. The Morgan fingerprint density at radius 3 is 2.40 bits per heavy atom. The summed E-state index contributed by atoms with van der Waals surface area (Å²) in [5.41, 5.74) is 4.63. The molecule has 0 amide bonds. The van der Waals surface area contributed by atoms with E-state index < -0.39 is 81.2 Å². The number of nitrogen functional groups attached to an aromatic ring is 1. The quantitative estimate of drug-likeness (QED) is 0.181. The zero-order valence-corrected chi connectivity index (χ0v) is 26.9. The first kappa shape index (κ1) is 34.7. The van der Waals surface area contributed by atoms with Gasteiger partial charge in [-0.15, -0.1) is 0 Å². The minimum atomic E-state index is -3.20. The molecule has 2 aliphatic rings. The predicted octanol–water partition coefficient (Wildman–Crippen LogP) is 2.33. The molecular weight excluding hydrogens is 616 g/mol. The molecule has 6 atom stereocenters. The van der Waals surface area contributed by atoms with Crippen LogP contribution in [-0.2, 0) is 47.2 Å². The van der Waals surface area contributed by atoms with Crippen molar-refractivity contribution in [2.75, 3.05) is 32.2 Å². The van der Waals surface area contributed by atoms with Gasteiger partial charge < -0.3 is 33.9 Å². The van der Waals surface area contributed by atoms with Crippen molar-refractivity contribution in [3.8, 4) is 0 Å². The van der Waals surface area contributed by atoms with Crippen LogP contribution >= 0.6 is 8.18 Å². The van der Waals surface area contributed by atoms with Gasteiger partial charge in [-0.3, -0.25) is 18.9 Å². The van der Waals surface area contributed by atoms with E-state index in [2.05, 4.69) is 15.2 Å². The zero-order valence-electron chi connectivity index (χ0n) is 25.9. The summed E-state index contributed by atoms with van der Waals surface area (Å²) in [6.07, 6.45) is -2.11. The molecule has 0 saturated carbocycles. The van der Waals surface area contributed by atoms with Crippen LogP contribution in [-0.4, -0.2) is 89.0 Å². The van der Waals surface area contributed by atoms with Crippen molar-refractivity contribution >= 4 is 37.4 Å². The number of rotatable bonds is 13. The molecule has 0 radical (unpaired) electrons. The maximum Gasteiger partial charge on any atom is 0.323 e. The number of nitrogens with two attached hydrogens (primary N) is 1. The van der Waals surface area contributed by atoms with Gasteiger partial charge in [0.2, 0.25) is 0 Å². The highest BCUT2D eigenvalue weighted by Gasteiger charge is 2.61. The summed E-state index contributed by atoms with van der Waals surface area (Å²) >= 11 is 0. The fourth-order valence-electron chi connectivity index (χ4n) is 4.88. The molecule has 4 rings (SSSR count). The van der Waals surface area contributed by atoms with Crippen molar-refractivity contribution in [3.63, 3.8) is 0 Å². The SMILES string of the molecule is CC(C)C(=O)O[C@H]1[C@H](c2ccc3c(N)ncnn23)O[C@](CF)(CO[PH](=O)N[C@@H](C)C(=O)OC2CCOCC2)[C@H]1OC(=O)C(C)C. The molecule has 2 aromatic rings. The van der Waals surface area contributed by atoms with Crippen LogP contribution < -0.4 is 10.8 Å². The van der Waals surface area contributed by atoms with Gasteiger partial charge in [-0.05, 0) is 19.1 Å². The molecule has 17 heteroatoms. The fraction of sp³-hybridized carbons (Fsp3) is 0.679. The largest absolute Gasteiger partial charge is 0.461 e. The van der Waals surface area contributed by atoms with Crippen LogP contribution in [0.4, 0.5) is 10.2 Å². The van der Waals surface area contributed by atoms with Crippen molar-refractivity contribution in [2.24, 2.45) is 11.8 Å². The molecule has 2 saturated heterocycles. The Hall–Kier alpha value is -3.17. The Labute approximate surface area is 260 Å². The third-order valence-electron chi connectivity index (χ3n) is 7.53. The first-order valence-electron chi connectivity index (χ1n) is 14.8. The normalized spacial score (nSPS) is 25.4. The number of nitrogens with zero attached hydrogens (tertiary/aromatic N) is 3. The second-order valence-corrected chi connectivity index (χ2v) is 12.8. The molecule has 0 aliphatic carbocycles. The minimum Gasteiger partial charge on any atom is -0.461 e. The molecule has 0 spiro atoms. The topological polar surface area (TPSA) is 192 Å². The number of esters is 3. The fourth-order valence-corrected chi connectivity index (χ4v) is 5.81. The van der Waals surface area contributed by atoms with Crippen LogP contribution in [0.3, 0.4) is 0 Å². The van der Waals surface area contributed by atoms with Gasteiger partial charge in [0, 0.05) is 12.8 Å². The Balaban J connectivity index is 1.61. The van der Waals surface area contributed by atoms with E-state index >= 15 is 4.39 Å². The summed E-state index contributed by atoms with van der Waals surface area (Å²) < 4.78 is 63.7. The molecule has 4 heterocycles. The third-order valence-corrected chi connectivity index (χ3v) is 8.61. The van der Waals surface area contributed by atoms with Crippen molar-refractivity contribution in [1.29, 1.82) is 0 Å². The van der Waals surface area contributed by atoms with E-state index in [-0.39, 0.29) is 11.9 Å². The average molecular weight is 658 g/mol. The molecule has 2 aromatic heterocycles. The lowest BCUT2D eigenvalue weighted by Gasteiger charge is -2.32. The number of hydrogen-bond acceptors (Lipinski definition) is 13. The Morgan fingerprint density at radius 2 is 1.76 bits per heavy atom. The van der Waals surface area contributed by atoms with Gasteiger partial charge in [0.1, 0.15) is 36.8 Å². The maximum absolute atomic E-state index is 15.2. The number of carbonyl (C=O) groups is 3. The van der Waals surface area contributed by atoms with Gasteiger partial charge >= 0.3 is 17.9 Å². The van der Waals surface area contributed by atoms with Crippen LogP contribution in [0.2, 0.25) is 0 Å². The number of halogens is 1. The molecule has 2 fully saturated rings. The smallest absolute Gasteiger partial charge is 0.323 e. The molecular formula is C28H41FN5O10P. The molecule has 45 heavy (non-hydrogen) atoms. The molecule has 0 bridgehead atoms. The summed E-state index contributed by atoms with van der Waals surface area (Å²) in [5.74, 6) is -3.07. The molecule has 0 aromatic carbocycles. The van der Waals surface area contributed by atoms with Crippen LogP contribution in [0, 0.1) is 11.8 Å². The summed E-state index contributed by atoms with van der Waals surface area (Å²) in [6.45, 7) is 6.82. The predicted molar refractivity (Wildman–Crippen MR) is 157 cm³/mol. The number of nitrogens with one attached hydrogen (secondary N) is 1. The summed E-state index contributed by atoms with van der Waals surface area (Å²) in [4.78, 5) is 42.3. The van der Waals surface area contributed by atoms with Gasteiger partial charge in [0.15, 0.2) is 23.6 Å². The minimum absolute atomic E-state index is 0.155. The summed E-state index contributed by atoms with van der Waals surface area (Å²) in [5, 5.41) is 6.76. The summed E-state index contributed by atoms with van der Waals surface area (Å²) in [6, 6.07) is 2.19. The Bertz CT molecular complexity index is 1390. The van der Waals surface area contributed by atoms with Crippen molar-refractivity contribution < 1.29 is 51.5 Å². The van der Waals surface area contributed by atoms with Crippen LogP contribution in [0.1, 0.15) is 59.3 Å². The van der Waals surface area contributed by atoms with E-state index in [9.17, 15) is 18.9 Å². The van der Waals surface area contributed by atoms with Gasteiger partial charge in [-0.25, -0.2) is 19.0 Å². The molecule has 2 aliphatic heterocycles. The van der Waals surface area contributed by atoms with Gasteiger partial charge in [0.05, 0.1) is 37.4 Å². The Morgan fingerprint density at radius 1 is 1.09 bits per heavy atom. The van der Waals surface area contributed by atoms with Crippen molar-refractivity contribution in [3.05, 3.63) is 24.2 Å². The molecule has 1 unspecified atom stereocenters. The van der Waals surface area contributed by atoms with E-state index in [1.807, 2.05) is 0 Å². The highest BCUT2D eigenvalue weighted by molar-refractivity contribution is 7.36. The number of aromatic nitrogens is 3. The van der Waals surface area contributed by atoms with Crippen molar-refractivity contribution in [1.82, 2.24) is 19.7 Å². The first-order valence-corrected chi connectivity index (χ1v) is 16.1. The number of anilines is 1. The number of carbonyl (C=O) groups excluding carboxylic acids is 3. The second-order valence-electron chi connectivity index (χ2n) is 11.7. The number of fused-ring (bicyclic) bond motifs is 1. The molecule has 3 N–H and O–H groups in total. The van der Waals surface area contributed by atoms with E-state index in [1.165, 1.54) is 17.8 Å². The highest BCUT2D eigenvalue weighted by Crippen LogP contribution is 2.46. The zero-order chi connectivity index (χ0) is 32.9. The Kier molecular flexibility index (Phi) is 11.5. The summed E-state index contributed by atoms with van der Waals surface area (Å²) in [7, 11) is -3.20. The second kappa shape index (κ2) is 14.9. The van der Waals surface area contributed by atoms with Crippen LogP contribution in [0.15, 0.2) is 18.5 Å². The number of ether oxygens (including phenoxy) is 5. The average Bonchev–Trinajstić information content (AvgIpc) is 3.56. The first-order chi connectivity index (χ1) is 21.4. The molecule has 250 valence electrons. The monoisotopic (exact) mass is 657 g/mol. The van der Waals surface area contributed by atoms with Gasteiger partial charge in [-0.2, -0.15) is 5.10 Å². The van der Waals surface area contributed by atoms with Crippen molar-refractivity contribution in [2.45, 2.75) is 83.5 Å². The number of hydrogen-bond donors (Lipinski definition) is 2. The highest BCUT2D eigenvalue weighted by atomic mass is 31.1.